The van der Waals surface area contributed by atoms with Gasteiger partial charge in [0.05, 0.1) is 6.04 Å². The lowest BCUT2D eigenvalue weighted by Crippen LogP contribution is -2.36. The van der Waals surface area contributed by atoms with Gasteiger partial charge in [0, 0.05) is 15.4 Å². The highest BCUT2D eigenvalue weighted by Crippen LogP contribution is 2.28. The highest BCUT2D eigenvalue weighted by molar-refractivity contribution is 7.12. The van der Waals surface area contributed by atoms with Crippen molar-refractivity contribution in [1.29, 1.82) is 0 Å². The fraction of sp³-hybridized carbons (Fsp3) is 0.267. The fourth-order valence-corrected chi connectivity index (χ4v) is 3.11. The number of nitrogens with two attached hydrogens (primary N) is 1. The van der Waals surface area contributed by atoms with Crippen LogP contribution in [0, 0.1) is 13.8 Å². The van der Waals surface area contributed by atoms with Gasteiger partial charge < -0.3 is 5.32 Å². The molecular weight excluding hydrogens is 268 g/mol. The molecule has 4 N–H and O–H groups in total. The third kappa shape index (κ3) is 3.59. The molecule has 0 aliphatic carbocycles. The number of hydrazine groups is 1. The van der Waals surface area contributed by atoms with Gasteiger partial charge >= 0.3 is 0 Å². The van der Waals surface area contributed by atoms with Crippen LogP contribution in [0.2, 0.25) is 0 Å². The molecule has 0 saturated heterocycles. The average Bonchev–Trinajstić information content (AvgIpc) is 2.78. The molecule has 0 spiro atoms. The van der Waals surface area contributed by atoms with Crippen LogP contribution in [0.3, 0.4) is 0 Å². The molecule has 1 atom stereocenters. The Morgan fingerprint density at radius 2 is 1.95 bits per heavy atom. The molecule has 4 nitrogen and oxygen atoms in total. The number of aryl methyl sites for hydroxylation is 2. The van der Waals surface area contributed by atoms with Crippen LogP contribution in [0.4, 0.5) is 5.69 Å². The van der Waals surface area contributed by atoms with Crippen molar-refractivity contribution in [2.24, 2.45) is 10.8 Å². The Kier molecular flexibility index (Phi) is 4.76. The van der Waals surface area contributed by atoms with E-state index in [1.807, 2.05) is 30.3 Å². The molecule has 0 aliphatic rings. The Labute approximate surface area is 123 Å². The summed E-state index contributed by atoms with van der Waals surface area (Å²) in [4.78, 5) is 7.22. The lowest BCUT2D eigenvalue weighted by atomic mass is 10.1. The molecule has 1 aromatic carbocycles. The summed E-state index contributed by atoms with van der Waals surface area (Å²) in [5, 5.41) is 3.17. The quantitative estimate of drug-likeness (QED) is 0.351. The summed E-state index contributed by atoms with van der Waals surface area (Å²) < 4.78 is 0. The molecule has 0 aliphatic heterocycles. The molecular formula is C15H20N4S. The van der Waals surface area contributed by atoms with E-state index in [0.717, 1.165) is 5.69 Å². The van der Waals surface area contributed by atoms with Crippen LogP contribution in [0.1, 0.15) is 28.3 Å². The van der Waals surface area contributed by atoms with Gasteiger partial charge in [-0.15, -0.1) is 11.3 Å². The maximum absolute atomic E-state index is 5.55. The molecule has 1 aromatic heterocycles. The van der Waals surface area contributed by atoms with E-state index in [2.05, 4.69) is 42.6 Å². The zero-order valence-corrected chi connectivity index (χ0v) is 12.8. The Morgan fingerprint density at radius 1 is 1.25 bits per heavy atom. The van der Waals surface area contributed by atoms with Crippen LogP contribution in [0.25, 0.3) is 0 Å². The molecule has 0 fully saturated rings. The van der Waals surface area contributed by atoms with E-state index in [-0.39, 0.29) is 6.04 Å². The molecule has 0 amide bonds. The molecule has 0 bridgehead atoms. The number of rotatable bonds is 3. The Morgan fingerprint density at radius 3 is 2.50 bits per heavy atom. The Hall–Kier alpha value is -1.85. The predicted molar refractivity (Wildman–Crippen MR) is 87.0 cm³/mol. The van der Waals surface area contributed by atoms with Crippen LogP contribution in [-0.4, -0.2) is 5.96 Å². The predicted octanol–water partition coefficient (Wildman–Crippen LogP) is 3.36. The number of guanidine groups is 1. The minimum Gasteiger partial charge on any atom is -0.325 e. The van der Waals surface area contributed by atoms with Crippen molar-refractivity contribution in [1.82, 2.24) is 5.43 Å². The van der Waals surface area contributed by atoms with Gasteiger partial charge in [-0.3, -0.25) is 5.43 Å². The second kappa shape index (κ2) is 6.54. The third-order valence-electron chi connectivity index (χ3n) is 3.03. The van der Waals surface area contributed by atoms with E-state index in [1.165, 1.54) is 15.3 Å². The van der Waals surface area contributed by atoms with Gasteiger partial charge in [0.25, 0.3) is 0 Å². The summed E-state index contributed by atoms with van der Waals surface area (Å²) >= 11 is 1.79. The smallest absolute Gasteiger partial charge is 0.210 e. The molecule has 5 heteroatoms. The molecule has 0 saturated carbocycles. The third-order valence-corrected chi connectivity index (χ3v) is 4.01. The monoisotopic (exact) mass is 288 g/mol. The maximum Gasteiger partial charge on any atom is 0.210 e. The van der Waals surface area contributed by atoms with Crippen molar-refractivity contribution in [2.45, 2.75) is 26.8 Å². The lowest BCUT2D eigenvalue weighted by molar-refractivity contribution is 0.802. The first-order valence-corrected chi connectivity index (χ1v) is 7.35. The molecule has 2 aromatic rings. The molecule has 1 heterocycles. The molecule has 0 radical (unpaired) electrons. The number of thiophene rings is 1. The van der Waals surface area contributed by atoms with E-state index in [9.17, 15) is 0 Å². The Bertz CT molecular complexity index is 589. The van der Waals surface area contributed by atoms with Gasteiger partial charge in [0.15, 0.2) is 0 Å². The van der Waals surface area contributed by atoms with Gasteiger partial charge in [-0.2, -0.15) is 0 Å². The lowest BCUT2D eigenvalue weighted by Gasteiger charge is -2.12. The van der Waals surface area contributed by atoms with E-state index < -0.39 is 0 Å². The minimum absolute atomic E-state index is 0.0576. The van der Waals surface area contributed by atoms with Gasteiger partial charge in [0.2, 0.25) is 5.96 Å². The number of anilines is 1. The first-order valence-electron chi connectivity index (χ1n) is 6.53. The first-order chi connectivity index (χ1) is 9.60. The van der Waals surface area contributed by atoms with Crippen LogP contribution >= 0.6 is 11.3 Å². The van der Waals surface area contributed by atoms with Crippen molar-refractivity contribution >= 4 is 23.0 Å². The van der Waals surface area contributed by atoms with Crippen LogP contribution in [0.15, 0.2) is 41.4 Å². The highest BCUT2D eigenvalue weighted by Gasteiger charge is 2.11. The number of para-hydroxylation sites is 1. The average molecular weight is 288 g/mol. The summed E-state index contributed by atoms with van der Waals surface area (Å²) in [6, 6.07) is 12.1. The summed E-state index contributed by atoms with van der Waals surface area (Å²) in [7, 11) is 0. The standard InChI is InChI=1S/C15H20N4S/c1-10-9-14(12(3)20-10)11(2)17-15(19-16)18-13-7-5-4-6-8-13/h4-9,11H,16H2,1-3H3,(H2,17,18,19). The van der Waals surface area contributed by atoms with Crippen molar-refractivity contribution in [3.05, 3.63) is 51.7 Å². The van der Waals surface area contributed by atoms with E-state index in [1.54, 1.807) is 11.3 Å². The van der Waals surface area contributed by atoms with Crippen molar-refractivity contribution in [3.8, 4) is 0 Å². The van der Waals surface area contributed by atoms with E-state index in [0.29, 0.717) is 5.96 Å². The van der Waals surface area contributed by atoms with Gasteiger partial charge in [-0.1, -0.05) is 18.2 Å². The molecule has 1 unspecified atom stereocenters. The highest BCUT2D eigenvalue weighted by atomic mass is 32.1. The van der Waals surface area contributed by atoms with Crippen LogP contribution < -0.4 is 16.6 Å². The zero-order chi connectivity index (χ0) is 14.5. The van der Waals surface area contributed by atoms with Crippen LogP contribution in [0.5, 0.6) is 0 Å². The second-order valence-electron chi connectivity index (χ2n) is 4.66. The van der Waals surface area contributed by atoms with Crippen LogP contribution in [-0.2, 0) is 0 Å². The van der Waals surface area contributed by atoms with Crippen molar-refractivity contribution in [3.63, 3.8) is 0 Å². The molecule has 106 valence electrons. The largest absolute Gasteiger partial charge is 0.325 e. The number of hydrogen-bond donors (Lipinski definition) is 3. The minimum atomic E-state index is 0.0576. The van der Waals surface area contributed by atoms with Gasteiger partial charge in [-0.05, 0) is 44.5 Å². The van der Waals surface area contributed by atoms with E-state index in [4.69, 9.17) is 5.84 Å². The fourth-order valence-electron chi connectivity index (χ4n) is 2.09. The van der Waals surface area contributed by atoms with Gasteiger partial charge in [0.1, 0.15) is 0 Å². The zero-order valence-electron chi connectivity index (χ0n) is 12.0. The summed E-state index contributed by atoms with van der Waals surface area (Å²) in [5.74, 6) is 6.11. The first kappa shape index (κ1) is 14.6. The number of aliphatic imine (C=N–C) groups is 1. The van der Waals surface area contributed by atoms with Crippen molar-refractivity contribution < 1.29 is 0 Å². The SMILES string of the molecule is Cc1cc(C(C)N=C(NN)Nc2ccccc2)c(C)s1. The van der Waals surface area contributed by atoms with Crippen molar-refractivity contribution in [2.75, 3.05) is 5.32 Å². The normalized spacial score (nSPS) is 13.1. The summed E-state index contributed by atoms with van der Waals surface area (Å²) in [6.45, 7) is 6.31. The van der Waals surface area contributed by atoms with E-state index >= 15 is 0 Å². The number of benzene rings is 1. The maximum atomic E-state index is 5.55. The number of nitrogens with one attached hydrogen (secondary N) is 2. The summed E-state index contributed by atoms with van der Waals surface area (Å²) in [6.07, 6.45) is 0. The topological polar surface area (TPSA) is 62.4 Å². The number of hydrogen-bond acceptors (Lipinski definition) is 3. The Balaban J connectivity index is 2.16. The molecule has 2 rings (SSSR count). The molecule has 20 heavy (non-hydrogen) atoms. The second-order valence-corrected chi connectivity index (χ2v) is 6.12. The number of nitrogens with zero attached hydrogens (tertiary/aromatic N) is 1. The van der Waals surface area contributed by atoms with Gasteiger partial charge in [-0.25, -0.2) is 10.8 Å². The summed E-state index contributed by atoms with van der Waals surface area (Å²) in [5.41, 5.74) is 4.82.